The highest BCUT2D eigenvalue weighted by atomic mass is 16.2. The molecule has 2 aromatic carbocycles. The van der Waals surface area contributed by atoms with Crippen LogP contribution >= 0.6 is 0 Å². The summed E-state index contributed by atoms with van der Waals surface area (Å²) in [6, 6.07) is 18.5. The van der Waals surface area contributed by atoms with Crippen LogP contribution in [0.5, 0.6) is 0 Å². The topological polar surface area (TPSA) is 49.4 Å². The molecule has 2 aromatic rings. The molecule has 0 bridgehead atoms. The Morgan fingerprint density at radius 3 is 2.51 bits per heavy atom. The normalized spacial score (nSPS) is 34.4. The Labute approximate surface area is 234 Å². The summed E-state index contributed by atoms with van der Waals surface area (Å²) in [5.41, 5.74) is 4.97. The molecule has 1 saturated heterocycles. The molecule has 1 aliphatic heterocycles. The van der Waals surface area contributed by atoms with E-state index in [-0.39, 0.29) is 23.3 Å². The van der Waals surface area contributed by atoms with Gasteiger partial charge in [-0.2, -0.15) is 0 Å². The number of carbonyl (C=O) groups excluding carboxylic acids is 2. The van der Waals surface area contributed by atoms with Crippen LogP contribution in [0.4, 0.5) is 0 Å². The number of hydrogen-bond donors (Lipinski definition) is 1. The molecule has 0 radical (unpaired) electrons. The standard InChI is InChI=1S/C35H44N2O2/c1-23-12-14-24(15-13-23)21-30(25-9-6-5-7-10-25)36-32(38)27-22-35(3)29-18-20-34(2)19-8-11-28(34)26(29)16-17-31(35)37(4)33(27)39/h5-7,9-10,12-15,17,26-30H,8,11,16,18-22H2,1-4H3,(H,36,38)/t26-,27?,28-,29+,30?,34-,35+/m0/s1. The first-order valence-corrected chi connectivity index (χ1v) is 15.1. The minimum absolute atomic E-state index is 0.0571. The molecular weight excluding hydrogens is 480 g/mol. The fourth-order valence-corrected chi connectivity index (χ4v) is 9.09. The number of piperidine rings is 1. The van der Waals surface area contributed by atoms with E-state index in [1.54, 1.807) is 0 Å². The Bertz CT molecular complexity index is 1270. The van der Waals surface area contributed by atoms with E-state index in [0.29, 0.717) is 30.1 Å². The van der Waals surface area contributed by atoms with Crippen molar-refractivity contribution in [2.75, 3.05) is 7.05 Å². The number of benzene rings is 2. The van der Waals surface area contributed by atoms with Crippen LogP contribution in [0.25, 0.3) is 0 Å². The summed E-state index contributed by atoms with van der Waals surface area (Å²) in [5, 5.41) is 3.34. The molecule has 39 heavy (non-hydrogen) atoms. The molecule has 2 unspecified atom stereocenters. The second-order valence-electron chi connectivity index (χ2n) is 13.5. The van der Waals surface area contributed by atoms with Gasteiger partial charge in [0.15, 0.2) is 0 Å². The van der Waals surface area contributed by atoms with Gasteiger partial charge in [0.1, 0.15) is 5.92 Å². The molecule has 2 amide bonds. The first-order valence-electron chi connectivity index (χ1n) is 15.1. The van der Waals surface area contributed by atoms with E-state index in [1.807, 2.05) is 30.1 Å². The van der Waals surface area contributed by atoms with Gasteiger partial charge in [-0.1, -0.05) is 86.5 Å². The average Bonchev–Trinajstić information content (AvgIpc) is 3.34. The van der Waals surface area contributed by atoms with Gasteiger partial charge in [0.25, 0.3) is 0 Å². The zero-order valence-electron chi connectivity index (χ0n) is 24.1. The fraction of sp³-hybridized carbons (Fsp3) is 0.543. The van der Waals surface area contributed by atoms with Crippen molar-refractivity contribution in [1.29, 1.82) is 0 Å². The first kappa shape index (κ1) is 26.3. The van der Waals surface area contributed by atoms with Gasteiger partial charge in [0.2, 0.25) is 11.8 Å². The zero-order valence-corrected chi connectivity index (χ0v) is 24.1. The lowest BCUT2D eigenvalue weighted by Gasteiger charge is -2.58. The van der Waals surface area contributed by atoms with Crippen LogP contribution in [0.15, 0.2) is 66.4 Å². The molecule has 3 fully saturated rings. The van der Waals surface area contributed by atoms with Crippen LogP contribution in [0.3, 0.4) is 0 Å². The van der Waals surface area contributed by atoms with Crippen molar-refractivity contribution in [2.24, 2.45) is 34.5 Å². The predicted molar refractivity (Wildman–Crippen MR) is 156 cm³/mol. The predicted octanol–water partition coefficient (Wildman–Crippen LogP) is 7.00. The maximum absolute atomic E-state index is 14.0. The quantitative estimate of drug-likeness (QED) is 0.428. The van der Waals surface area contributed by atoms with E-state index >= 15 is 0 Å². The van der Waals surface area contributed by atoms with Gasteiger partial charge in [-0.25, -0.2) is 0 Å². The van der Waals surface area contributed by atoms with Crippen LogP contribution in [0, 0.1) is 41.4 Å². The molecule has 1 N–H and O–H groups in total. The number of likely N-dealkylation sites (tertiary alicyclic amines) is 1. The third kappa shape index (κ3) is 4.54. The van der Waals surface area contributed by atoms with Crippen molar-refractivity contribution < 1.29 is 9.59 Å². The van der Waals surface area contributed by atoms with E-state index in [1.165, 1.54) is 48.9 Å². The van der Waals surface area contributed by atoms with Gasteiger partial charge < -0.3 is 10.2 Å². The fourth-order valence-electron chi connectivity index (χ4n) is 9.09. The molecule has 0 aromatic heterocycles. The van der Waals surface area contributed by atoms with Crippen LogP contribution in [0.1, 0.15) is 81.5 Å². The van der Waals surface area contributed by atoms with Gasteiger partial charge in [-0.05, 0) is 86.2 Å². The monoisotopic (exact) mass is 524 g/mol. The first-order chi connectivity index (χ1) is 18.7. The molecule has 0 spiro atoms. The van der Waals surface area contributed by atoms with E-state index < -0.39 is 5.92 Å². The SMILES string of the molecule is Cc1ccc(CC(NC(=O)C2C[C@@]3(C)C(=CC[C@@H]4[C@H]3CC[C@]3(C)CCC[C@@H]43)N(C)C2=O)c2ccccc2)cc1. The summed E-state index contributed by atoms with van der Waals surface area (Å²) in [5.74, 6) is 1.14. The lowest BCUT2D eigenvalue weighted by atomic mass is 9.49. The Hall–Kier alpha value is -2.88. The molecule has 206 valence electrons. The molecule has 7 atom stereocenters. The highest BCUT2D eigenvalue weighted by Crippen LogP contribution is 2.64. The lowest BCUT2D eigenvalue weighted by molar-refractivity contribution is -0.149. The van der Waals surface area contributed by atoms with Crippen molar-refractivity contribution in [3.63, 3.8) is 0 Å². The zero-order chi connectivity index (χ0) is 27.4. The average molecular weight is 525 g/mol. The largest absolute Gasteiger partial charge is 0.348 e. The maximum Gasteiger partial charge on any atom is 0.239 e. The number of amides is 2. The van der Waals surface area contributed by atoms with E-state index in [0.717, 1.165) is 17.9 Å². The van der Waals surface area contributed by atoms with E-state index in [9.17, 15) is 9.59 Å². The summed E-state index contributed by atoms with van der Waals surface area (Å²) >= 11 is 0. The summed E-state index contributed by atoms with van der Waals surface area (Å²) in [7, 11) is 1.90. The second-order valence-corrected chi connectivity index (χ2v) is 13.5. The third-order valence-corrected chi connectivity index (χ3v) is 11.2. The van der Waals surface area contributed by atoms with Crippen LogP contribution in [-0.4, -0.2) is 23.8 Å². The second kappa shape index (κ2) is 9.94. The minimum Gasteiger partial charge on any atom is -0.348 e. The molecule has 6 rings (SSSR count). The smallest absolute Gasteiger partial charge is 0.239 e. The van der Waals surface area contributed by atoms with Crippen molar-refractivity contribution in [1.82, 2.24) is 10.2 Å². The lowest BCUT2D eigenvalue weighted by Crippen LogP contribution is -2.57. The number of hydrogen-bond acceptors (Lipinski definition) is 2. The molecule has 4 aliphatic rings. The number of nitrogens with zero attached hydrogens (tertiary/aromatic N) is 1. The van der Waals surface area contributed by atoms with Crippen molar-refractivity contribution in [3.8, 4) is 0 Å². The van der Waals surface area contributed by atoms with Crippen molar-refractivity contribution in [2.45, 2.75) is 78.2 Å². The van der Waals surface area contributed by atoms with Gasteiger partial charge in [-0.15, -0.1) is 0 Å². The molecule has 1 heterocycles. The van der Waals surface area contributed by atoms with Crippen LogP contribution < -0.4 is 5.32 Å². The Morgan fingerprint density at radius 2 is 1.77 bits per heavy atom. The number of allylic oxidation sites excluding steroid dienone is 2. The number of fused-ring (bicyclic) bond motifs is 5. The number of carbonyl (C=O) groups is 2. The number of rotatable bonds is 5. The summed E-state index contributed by atoms with van der Waals surface area (Å²) in [6.45, 7) is 6.97. The van der Waals surface area contributed by atoms with Crippen molar-refractivity contribution >= 4 is 11.8 Å². The van der Waals surface area contributed by atoms with Gasteiger partial charge in [0, 0.05) is 18.2 Å². The van der Waals surface area contributed by atoms with Gasteiger partial charge in [0.05, 0.1) is 6.04 Å². The molecule has 4 heteroatoms. The molecular formula is C35H44N2O2. The van der Waals surface area contributed by atoms with Crippen LogP contribution in [0.2, 0.25) is 0 Å². The summed E-state index contributed by atoms with van der Waals surface area (Å²) in [6.07, 6.45) is 11.3. The Balaban J connectivity index is 1.27. The van der Waals surface area contributed by atoms with E-state index in [2.05, 4.69) is 68.6 Å². The third-order valence-electron chi connectivity index (χ3n) is 11.2. The molecule has 2 saturated carbocycles. The van der Waals surface area contributed by atoms with Crippen molar-refractivity contribution in [3.05, 3.63) is 83.1 Å². The molecule has 4 nitrogen and oxygen atoms in total. The van der Waals surface area contributed by atoms with Crippen LogP contribution in [-0.2, 0) is 16.0 Å². The Morgan fingerprint density at radius 1 is 1.03 bits per heavy atom. The molecule has 3 aliphatic carbocycles. The van der Waals surface area contributed by atoms with Gasteiger partial charge >= 0.3 is 0 Å². The highest BCUT2D eigenvalue weighted by molar-refractivity contribution is 6.02. The summed E-state index contributed by atoms with van der Waals surface area (Å²) in [4.78, 5) is 29.5. The summed E-state index contributed by atoms with van der Waals surface area (Å²) < 4.78 is 0. The van der Waals surface area contributed by atoms with Gasteiger partial charge in [-0.3, -0.25) is 9.59 Å². The number of nitrogens with one attached hydrogen (secondary N) is 1. The Kier molecular flexibility index (Phi) is 6.72. The highest BCUT2D eigenvalue weighted by Gasteiger charge is 2.59. The van der Waals surface area contributed by atoms with E-state index in [4.69, 9.17) is 0 Å². The minimum atomic E-state index is -0.656. The maximum atomic E-state index is 14.0. The number of aryl methyl sites for hydroxylation is 1.